The number of nitrogens with one attached hydrogen (secondary N) is 2. The van der Waals surface area contributed by atoms with E-state index in [9.17, 15) is 15.0 Å². The Kier molecular flexibility index (Phi) is 5.32. The average Bonchev–Trinajstić information content (AvgIpc) is 2.52. The summed E-state index contributed by atoms with van der Waals surface area (Å²) in [6.45, 7) is 3.91. The zero-order valence-corrected chi connectivity index (χ0v) is 10.3. The Bertz CT molecular complexity index is 260. The van der Waals surface area contributed by atoms with Crippen LogP contribution in [0.25, 0.3) is 0 Å². The number of carbonyl (C=O) groups is 1. The summed E-state index contributed by atoms with van der Waals surface area (Å²) in [6, 6.07) is -0.949. The standard InChI is InChI=1S/C11H22N2O4/c1-6(2)3-9(15)12-4-7-10(16)11(17)8(5-14)13-7/h6-8,10-11,13-14,16-17H,3-5H2,1-2H3,(H,12,15)/t7?,8-,10-,11-/m1/s1. The molecule has 1 aliphatic rings. The Morgan fingerprint density at radius 1 is 1.29 bits per heavy atom. The first-order valence-electron chi connectivity index (χ1n) is 5.95. The average molecular weight is 246 g/mol. The summed E-state index contributed by atoms with van der Waals surface area (Å²) in [5.74, 6) is 0.211. The maximum absolute atomic E-state index is 11.4. The van der Waals surface area contributed by atoms with Crippen LogP contribution in [0.4, 0.5) is 0 Å². The monoisotopic (exact) mass is 246 g/mol. The molecule has 1 saturated heterocycles. The van der Waals surface area contributed by atoms with Gasteiger partial charge in [0.1, 0.15) is 0 Å². The van der Waals surface area contributed by atoms with Crippen molar-refractivity contribution in [2.75, 3.05) is 13.2 Å². The molecule has 1 aliphatic heterocycles. The normalized spacial score (nSPS) is 33.1. The highest BCUT2D eigenvalue weighted by Gasteiger charge is 2.40. The summed E-state index contributed by atoms with van der Waals surface area (Å²) in [4.78, 5) is 11.4. The van der Waals surface area contributed by atoms with E-state index in [0.29, 0.717) is 6.42 Å². The largest absolute Gasteiger partial charge is 0.395 e. The van der Waals surface area contributed by atoms with Gasteiger partial charge < -0.3 is 26.0 Å². The maximum Gasteiger partial charge on any atom is 0.220 e. The van der Waals surface area contributed by atoms with Gasteiger partial charge in [-0.2, -0.15) is 0 Å². The van der Waals surface area contributed by atoms with Gasteiger partial charge in [0.05, 0.1) is 30.9 Å². The molecule has 6 heteroatoms. The molecule has 1 rings (SSSR count). The van der Waals surface area contributed by atoms with E-state index in [2.05, 4.69) is 10.6 Å². The Morgan fingerprint density at radius 3 is 2.35 bits per heavy atom. The second-order valence-corrected chi connectivity index (χ2v) is 4.95. The first-order valence-corrected chi connectivity index (χ1v) is 5.95. The van der Waals surface area contributed by atoms with Gasteiger partial charge in [0.2, 0.25) is 5.91 Å². The molecule has 0 spiro atoms. The molecule has 5 N–H and O–H groups in total. The van der Waals surface area contributed by atoms with E-state index in [-0.39, 0.29) is 25.0 Å². The molecule has 0 saturated carbocycles. The minimum atomic E-state index is -0.994. The molecule has 1 unspecified atom stereocenters. The van der Waals surface area contributed by atoms with Gasteiger partial charge in [0.25, 0.3) is 0 Å². The second-order valence-electron chi connectivity index (χ2n) is 4.95. The smallest absolute Gasteiger partial charge is 0.220 e. The topological polar surface area (TPSA) is 102 Å². The Hall–Kier alpha value is -0.690. The van der Waals surface area contributed by atoms with Gasteiger partial charge in [-0.1, -0.05) is 13.8 Å². The van der Waals surface area contributed by atoms with Crippen LogP contribution >= 0.6 is 0 Å². The highest BCUT2D eigenvalue weighted by atomic mass is 16.3. The lowest BCUT2D eigenvalue weighted by atomic mass is 10.1. The number of carbonyl (C=O) groups excluding carboxylic acids is 1. The van der Waals surface area contributed by atoms with E-state index in [0.717, 1.165) is 0 Å². The quantitative estimate of drug-likeness (QED) is 0.394. The van der Waals surface area contributed by atoms with Crippen LogP contribution < -0.4 is 10.6 Å². The fourth-order valence-corrected chi connectivity index (χ4v) is 1.96. The van der Waals surface area contributed by atoms with Crippen molar-refractivity contribution in [1.82, 2.24) is 10.6 Å². The Morgan fingerprint density at radius 2 is 1.88 bits per heavy atom. The number of amides is 1. The van der Waals surface area contributed by atoms with Crippen molar-refractivity contribution in [1.29, 1.82) is 0 Å². The molecule has 0 aromatic heterocycles. The van der Waals surface area contributed by atoms with E-state index >= 15 is 0 Å². The fourth-order valence-electron chi connectivity index (χ4n) is 1.96. The van der Waals surface area contributed by atoms with Gasteiger partial charge in [-0.05, 0) is 5.92 Å². The van der Waals surface area contributed by atoms with Crippen molar-refractivity contribution >= 4 is 5.91 Å². The van der Waals surface area contributed by atoms with Crippen LogP contribution in [0, 0.1) is 5.92 Å². The van der Waals surface area contributed by atoms with Crippen LogP contribution in [0.2, 0.25) is 0 Å². The molecule has 0 aromatic carbocycles. The summed E-state index contributed by atoms with van der Waals surface area (Å²) >= 11 is 0. The van der Waals surface area contributed by atoms with Crippen LogP contribution in [0.15, 0.2) is 0 Å². The molecular weight excluding hydrogens is 224 g/mol. The van der Waals surface area contributed by atoms with Crippen LogP contribution in [-0.4, -0.2) is 58.7 Å². The van der Waals surface area contributed by atoms with Crippen LogP contribution in [-0.2, 0) is 4.79 Å². The molecule has 100 valence electrons. The first kappa shape index (κ1) is 14.4. The van der Waals surface area contributed by atoms with Crippen LogP contribution in [0.3, 0.4) is 0 Å². The van der Waals surface area contributed by atoms with Crippen molar-refractivity contribution in [3.8, 4) is 0 Å². The van der Waals surface area contributed by atoms with Crippen LogP contribution in [0.5, 0.6) is 0 Å². The van der Waals surface area contributed by atoms with Gasteiger partial charge in [-0.15, -0.1) is 0 Å². The van der Waals surface area contributed by atoms with Crippen molar-refractivity contribution in [2.45, 2.75) is 44.6 Å². The molecule has 0 bridgehead atoms. The third-order valence-corrected chi connectivity index (χ3v) is 2.91. The highest BCUT2D eigenvalue weighted by molar-refractivity contribution is 5.76. The molecule has 0 aliphatic carbocycles. The second kappa shape index (κ2) is 6.30. The van der Waals surface area contributed by atoms with E-state index in [1.807, 2.05) is 13.8 Å². The van der Waals surface area contributed by atoms with Gasteiger partial charge in [0, 0.05) is 13.0 Å². The van der Waals surface area contributed by atoms with Crippen molar-refractivity contribution in [3.05, 3.63) is 0 Å². The lowest BCUT2D eigenvalue weighted by molar-refractivity contribution is -0.122. The van der Waals surface area contributed by atoms with Gasteiger partial charge in [-0.25, -0.2) is 0 Å². The predicted molar refractivity (Wildman–Crippen MR) is 62.3 cm³/mol. The fraction of sp³-hybridized carbons (Fsp3) is 0.909. The Balaban J connectivity index is 2.35. The summed E-state index contributed by atoms with van der Waals surface area (Å²) in [7, 11) is 0. The lowest BCUT2D eigenvalue weighted by Crippen LogP contribution is -2.44. The molecule has 6 nitrogen and oxygen atoms in total. The predicted octanol–water partition coefficient (Wildman–Crippen LogP) is -1.80. The van der Waals surface area contributed by atoms with Gasteiger partial charge in [-0.3, -0.25) is 4.79 Å². The first-order chi connectivity index (χ1) is 7.95. The SMILES string of the molecule is CC(C)CC(=O)NCC1N[C@H](CO)[C@@H](O)[C@@H]1O. The number of hydrogen-bond donors (Lipinski definition) is 5. The highest BCUT2D eigenvalue weighted by Crippen LogP contribution is 2.13. The number of rotatable bonds is 5. The van der Waals surface area contributed by atoms with Gasteiger partial charge >= 0.3 is 0 Å². The molecule has 17 heavy (non-hydrogen) atoms. The zero-order valence-electron chi connectivity index (χ0n) is 10.3. The molecular formula is C11H22N2O4. The molecule has 1 amide bonds. The molecule has 0 radical (unpaired) electrons. The minimum absolute atomic E-state index is 0.0732. The summed E-state index contributed by atoms with van der Waals surface area (Å²) in [6.07, 6.45) is -1.52. The summed E-state index contributed by atoms with van der Waals surface area (Å²) in [5.41, 5.74) is 0. The van der Waals surface area contributed by atoms with Crippen molar-refractivity contribution < 1.29 is 20.1 Å². The zero-order chi connectivity index (χ0) is 13.0. The van der Waals surface area contributed by atoms with E-state index < -0.39 is 24.3 Å². The molecule has 1 fully saturated rings. The number of aliphatic hydroxyl groups is 3. The van der Waals surface area contributed by atoms with E-state index in [4.69, 9.17) is 5.11 Å². The molecule has 0 aromatic rings. The number of aliphatic hydroxyl groups excluding tert-OH is 3. The summed E-state index contributed by atoms with van der Waals surface area (Å²) < 4.78 is 0. The van der Waals surface area contributed by atoms with E-state index in [1.54, 1.807) is 0 Å². The van der Waals surface area contributed by atoms with Crippen LogP contribution in [0.1, 0.15) is 20.3 Å². The minimum Gasteiger partial charge on any atom is -0.395 e. The van der Waals surface area contributed by atoms with E-state index in [1.165, 1.54) is 0 Å². The lowest BCUT2D eigenvalue weighted by Gasteiger charge is -2.16. The summed E-state index contributed by atoms with van der Waals surface area (Å²) in [5, 5.41) is 33.8. The number of hydrogen-bond acceptors (Lipinski definition) is 5. The molecule has 1 heterocycles. The third kappa shape index (κ3) is 3.92. The van der Waals surface area contributed by atoms with Crippen molar-refractivity contribution in [3.63, 3.8) is 0 Å². The van der Waals surface area contributed by atoms with Gasteiger partial charge in [0.15, 0.2) is 0 Å². The van der Waals surface area contributed by atoms with Crippen molar-refractivity contribution in [2.24, 2.45) is 5.92 Å². The Labute approximate surface area is 101 Å². The maximum atomic E-state index is 11.4. The third-order valence-electron chi connectivity index (χ3n) is 2.91. The molecule has 4 atom stereocenters.